The number of piperidine rings is 1. The summed E-state index contributed by atoms with van der Waals surface area (Å²) < 4.78 is 23.3. The van der Waals surface area contributed by atoms with Crippen LogP contribution in [-0.2, 0) is 24.2 Å². The lowest BCUT2D eigenvalue weighted by molar-refractivity contribution is -0.126. The fourth-order valence-corrected chi connectivity index (χ4v) is 6.09. The summed E-state index contributed by atoms with van der Waals surface area (Å²) in [6.07, 6.45) is 1.96. The van der Waals surface area contributed by atoms with Gasteiger partial charge in [0.1, 0.15) is 6.04 Å². The van der Waals surface area contributed by atoms with Crippen molar-refractivity contribution in [3.8, 4) is 0 Å². The van der Waals surface area contributed by atoms with E-state index in [1.54, 1.807) is 53.4 Å². The third-order valence-corrected chi connectivity index (χ3v) is 8.93. The maximum absolute atomic E-state index is 13.1. The Morgan fingerprint density at radius 2 is 1.61 bits per heavy atom. The molecule has 2 aliphatic rings. The van der Waals surface area contributed by atoms with Crippen LogP contribution in [0.4, 0.5) is 11.4 Å². The zero-order chi connectivity index (χ0) is 29.4. The molecule has 11 nitrogen and oxygen atoms in total. The fraction of sp³-hybridized carbons (Fsp3) is 0.429. The number of hydrogen-bond acceptors (Lipinski definition) is 7. The summed E-state index contributed by atoms with van der Waals surface area (Å²) in [7, 11) is -3.01. The summed E-state index contributed by atoms with van der Waals surface area (Å²) in [5, 5.41) is 8.62. The molecule has 0 aromatic heterocycles. The van der Waals surface area contributed by atoms with Crippen molar-refractivity contribution in [3.05, 3.63) is 59.1 Å². The Balaban J connectivity index is 1.38. The molecule has 4 amide bonds. The molecule has 2 saturated heterocycles. The molecule has 13 heteroatoms. The summed E-state index contributed by atoms with van der Waals surface area (Å²) in [6, 6.07) is 11.9. The molecule has 4 rings (SSSR count). The van der Waals surface area contributed by atoms with E-state index in [1.807, 2.05) is 4.90 Å². The van der Waals surface area contributed by atoms with Gasteiger partial charge in [0.05, 0.1) is 17.9 Å². The minimum Gasteiger partial charge on any atom is -0.353 e. The zero-order valence-electron chi connectivity index (χ0n) is 22.6. The highest BCUT2D eigenvalue weighted by atomic mass is 35.5. The van der Waals surface area contributed by atoms with E-state index < -0.39 is 33.6 Å². The van der Waals surface area contributed by atoms with Crippen LogP contribution in [0.5, 0.6) is 0 Å². The highest BCUT2D eigenvalue weighted by molar-refractivity contribution is 7.91. The SMILES string of the molecule is O=C(C[C@H](NC(=O)c1ccc(N2CCCCC2=O)cc1)C(=O)NCCN1CCS(=O)(=O)CC1)Nc1ccc(Cl)cc1. The van der Waals surface area contributed by atoms with Crippen LogP contribution in [0.3, 0.4) is 0 Å². The second-order valence-electron chi connectivity index (χ2n) is 10.1. The maximum atomic E-state index is 13.1. The summed E-state index contributed by atoms with van der Waals surface area (Å²) in [5.74, 6) is -1.35. The lowest BCUT2D eigenvalue weighted by Gasteiger charge is -2.27. The minimum atomic E-state index is -3.01. The first-order chi connectivity index (χ1) is 19.6. The number of nitrogens with one attached hydrogen (secondary N) is 3. The van der Waals surface area contributed by atoms with E-state index in [0.717, 1.165) is 12.8 Å². The van der Waals surface area contributed by atoms with Gasteiger partial charge in [-0.15, -0.1) is 0 Å². The Hall–Kier alpha value is -3.48. The molecule has 0 saturated carbocycles. The van der Waals surface area contributed by atoms with Crippen molar-refractivity contribution in [2.45, 2.75) is 31.7 Å². The van der Waals surface area contributed by atoms with Gasteiger partial charge in [-0.25, -0.2) is 8.42 Å². The molecule has 0 aliphatic carbocycles. The summed E-state index contributed by atoms with van der Waals surface area (Å²) >= 11 is 5.90. The van der Waals surface area contributed by atoms with Crippen LogP contribution in [0.1, 0.15) is 36.0 Å². The normalized spacial score (nSPS) is 17.9. The predicted octanol–water partition coefficient (Wildman–Crippen LogP) is 1.83. The molecule has 0 unspecified atom stereocenters. The van der Waals surface area contributed by atoms with Crippen molar-refractivity contribution in [2.75, 3.05) is 54.4 Å². The zero-order valence-corrected chi connectivity index (χ0v) is 24.2. The first kappa shape index (κ1) is 30.5. The summed E-state index contributed by atoms with van der Waals surface area (Å²) in [6.45, 7) is 2.07. The molecular weight excluding hydrogens is 570 g/mol. The van der Waals surface area contributed by atoms with Crippen LogP contribution < -0.4 is 20.9 Å². The number of amides is 4. The first-order valence-electron chi connectivity index (χ1n) is 13.6. The van der Waals surface area contributed by atoms with E-state index in [9.17, 15) is 27.6 Å². The highest BCUT2D eigenvalue weighted by Gasteiger charge is 2.26. The number of nitrogens with zero attached hydrogens (tertiary/aromatic N) is 2. The fourth-order valence-electron chi connectivity index (χ4n) is 4.69. The molecule has 0 radical (unpaired) electrons. The van der Waals surface area contributed by atoms with Crippen molar-refractivity contribution >= 4 is 56.4 Å². The van der Waals surface area contributed by atoms with Crippen LogP contribution in [0, 0.1) is 0 Å². The Morgan fingerprint density at radius 1 is 0.927 bits per heavy atom. The number of hydrogen-bond donors (Lipinski definition) is 3. The van der Waals surface area contributed by atoms with Crippen molar-refractivity contribution in [3.63, 3.8) is 0 Å². The lowest BCUT2D eigenvalue weighted by Crippen LogP contribution is -2.50. The highest BCUT2D eigenvalue weighted by Crippen LogP contribution is 2.21. The third kappa shape index (κ3) is 9.00. The van der Waals surface area contributed by atoms with E-state index >= 15 is 0 Å². The van der Waals surface area contributed by atoms with Gasteiger partial charge in [-0.1, -0.05) is 11.6 Å². The molecule has 0 spiro atoms. The van der Waals surface area contributed by atoms with Crippen molar-refractivity contribution in [1.29, 1.82) is 0 Å². The standard InChI is InChI=1S/C28H34ClN5O6S/c29-21-6-8-22(9-7-21)31-25(35)19-24(28(38)30-12-14-33-15-17-41(39,40)18-16-33)32-27(37)20-4-10-23(11-5-20)34-13-2-1-3-26(34)36/h4-11,24H,1-3,12-19H2,(H,30,38)(H,31,35)(H,32,37)/t24-/m0/s1. The maximum Gasteiger partial charge on any atom is 0.251 e. The molecule has 220 valence electrons. The topological polar surface area (TPSA) is 145 Å². The summed E-state index contributed by atoms with van der Waals surface area (Å²) in [5.41, 5.74) is 1.48. The molecule has 2 fully saturated rings. The Labute approximate surface area is 244 Å². The largest absolute Gasteiger partial charge is 0.353 e. The van der Waals surface area contributed by atoms with Gasteiger partial charge in [-0.05, 0) is 61.4 Å². The summed E-state index contributed by atoms with van der Waals surface area (Å²) in [4.78, 5) is 54.8. The van der Waals surface area contributed by atoms with Gasteiger partial charge in [0.15, 0.2) is 9.84 Å². The second-order valence-corrected chi connectivity index (χ2v) is 12.9. The van der Waals surface area contributed by atoms with Crippen LogP contribution >= 0.6 is 11.6 Å². The van der Waals surface area contributed by atoms with Gasteiger partial charge >= 0.3 is 0 Å². The molecule has 2 aromatic rings. The number of benzene rings is 2. The molecule has 2 heterocycles. The monoisotopic (exact) mass is 603 g/mol. The molecule has 2 aromatic carbocycles. The second kappa shape index (κ2) is 13.9. The van der Waals surface area contributed by atoms with E-state index in [0.29, 0.717) is 49.0 Å². The minimum absolute atomic E-state index is 0.0445. The number of halogens is 1. The van der Waals surface area contributed by atoms with Gasteiger partial charge < -0.3 is 20.9 Å². The van der Waals surface area contributed by atoms with Gasteiger partial charge in [0.25, 0.3) is 5.91 Å². The van der Waals surface area contributed by atoms with Crippen LogP contribution in [0.2, 0.25) is 5.02 Å². The Kier molecular flexibility index (Phi) is 10.4. The number of anilines is 2. The number of carbonyl (C=O) groups excluding carboxylic acids is 4. The van der Waals surface area contributed by atoms with E-state index in [1.165, 1.54) is 0 Å². The van der Waals surface area contributed by atoms with E-state index in [-0.39, 0.29) is 35.9 Å². The molecule has 0 bridgehead atoms. The van der Waals surface area contributed by atoms with Gasteiger partial charge in [-0.2, -0.15) is 0 Å². The molecular formula is C28H34ClN5O6S. The lowest BCUT2D eigenvalue weighted by atomic mass is 10.1. The predicted molar refractivity (Wildman–Crippen MR) is 157 cm³/mol. The Morgan fingerprint density at radius 3 is 2.27 bits per heavy atom. The molecule has 2 aliphatic heterocycles. The van der Waals surface area contributed by atoms with Crippen molar-refractivity contribution in [2.24, 2.45) is 0 Å². The number of carbonyl (C=O) groups is 4. The first-order valence-corrected chi connectivity index (χ1v) is 15.8. The Bertz CT molecular complexity index is 1350. The van der Waals surface area contributed by atoms with Gasteiger partial charge in [-0.3, -0.25) is 24.1 Å². The van der Waals surface area contributed by atoms with Gasteiger partial charge in [0.2, 0.25) is 17.7 Å². The average Bonchev–Trinajstić information content (AvgIpc) is 2.95. The molecule has 3 N–H and O–H groups in total. The third-order valence-electron chi connectivity index (χ3n) is 7.07. The smallest absolute Gasteiger partial charge is 0.251 e. The van der Waals surface area contributed by atoms with Crippen LogP contribution in [0.25, 0.3) is 0 Å². The van der Waals surface area contributed by atoms with Crippen LogP contribution in [0.15, 0.2) is 48.5 Å². The van der Waals surface area contributed by atoms with Crippen molar-refractivity contribution in [1.82, 2.24) is 15.5 Å². The molecule has 41 heavy (non-hydrogen) atoms. The van der Waals surface area contributed by atoms with Gasteiger partial charge in [0, 0.05) is 61.1 Å². The van der Waals surface area contributed by atoms with Crippen molar-refractivity contribution < 1.29 is 27.6 Å². The number of rotatable bonds is 10. The van der Waals surface area contributed by atoms with E-state index in [4.69, 9.17) is 11.6 Å². The number of sulfone groups is 1. The van der Waals surface area contributed by atoms with E-state index in [2.05, 4.69) is 16.0 Å². The molecule has 1 atom stereocenters. The average molecular weight is 604 g/mol. The van der Waals surface area contributed by atoms with Crippen LogP contribution in [-0.4, -0.2) is 87.2 Å². The quantitative estimate of drug-likeness (QED) is 0.376.